The Kier molecular flexibility index (Phi) is 4.01. The topological polar surface area (TPSA) is 75.8 Å². The molecule has 1 aliphatic heterocycles. The highest BCUT2D eigenvalue weighted by atomic mass is 16.5. The maximum Gasteiger partial charge on any atom is 0.223 e. The van der Waals surface area contributed by atoms with Crippen molar-refractivity contribution in [2.24, 2.45) is 5.73 Å². The zero-order valence-corrected chi connectivity index (χ0v) is 12.3. The summed E-state index contributed by atoms with van der Waals surface area (Å²) in [6, 6.07) is 3.72. The largest absolute Gasteiger partial charge is 0.495 e. The van der Waals surface area contributed by atoms with Crippen LogP contribution in [0.2, 0.25) is 0 Å². The first kappa shape index (κ1) is 14.8. The number of nitrogens with two attached hydrogens (primary N) is 1. The predicted octanol–water partition coefficient (Wildman–Crippen LogP) is 1.30. The van der Waals surface area contributed by atoms with Crippen LogP contribution in [0.25, 0.3) is 0 Å². The first-order valence-electron chi connectivity index (χ1n) is 6.83. The van der Waals surface area contributed by atoms with Gasteiger partial charge in [-0.05, 0) is 31.4 Å². The van der Waals surface area contributed by atoms with Gasteiger partial charge in [-0.15, -0.1) is 0 Å². The van der Waals surface area contributed by atoms with Gasteiger partial charge in [0.15, 0.2) is 0 Å². The smallest absolute Gasteiger partial charge is 0.223 e. The Morgan fingerprint density at radius 2 is 2.25 bits per heavy atom. The van der Waals surface area contributed by atoms with Gasteiger partial charge in [-0.25, -0.2) is 0 Å². The van der Waals surface area contributed by atoms with E-state index in [1.54, 1.807) is 12.0 Å². The van der Waals surface area contributed by atoms with E-state index in [0.717, 1.165) is 5.56 Å². The van der Waals surface area contributed by atoms with Gasteiger partial charge in [0.25, 0.3) is 0 Å². The first-order chi connectivity index (χ1) is 9.44. The SMILES string of the molecule is COc1ccc(C)c2c1N(C(C)=O)CCCC2(O)CN. The molecule has 0 saturated carbocycles. The number of rotatable bonds is 2. The third-order valence-corrected chi connectivity index (χ3v) is 3.99. The molecular weight excluding hydrogens is 256 g/mol. The highest BCUT2D eigenvalue weighted by Crippen LogP contribution is 2.44. The molecule has 0 bridgehead atoms. The van der Waals surface area contributed by atoms with Crippen LogP contribution in [0.3, 0.4) is 0 Å². The van der Waals surface area contributed by atoms with Crippen molar-refractivity contribution in [2.45, 2.75) is 32.3 Å². The van der Waals surface area contributed by atoms with Gasteiger partial charge in [-0.1, -0.05) is 6.07 Å². The van der Waals surface area contributed by atoms with Crippen molar-refractivity contribution in [3.63, 3.8) is 0 Å². The second-order valence-corrected chi connectivity index (χ2v) is 5.32. The number of fused-ring (bicyclic) bond motifs is 1. The molecule has 5 nitrogen and oxygen atoms in total. The van der Waals surface area contributed by atoms with Crippen molar-refractivity contribution in [1.82, 2.24) is 0 Å². The van der Waals surface area contributed by atoms with E-state index in [0.29, 0.717) is 36.4 Å². The summed E-state index contributed by atoms with van der Waals surface area (Å²) in [5.41, 5.74) is 6.99. The van der Waals surface area contributed by atoms with Gasteiger partial charge < -0.3 is 20.5 Å². The van der Waals surface area contributed by atoms with Crippen LogP contribution < -0.4 is 15.4 Å². The number of amides is 1. The Morgan fingerprint density at radius 3 is 2.80 bits per heavy atom. The Bertz CT molecular complexity index is 530. The van der Waals surface area contributed by atoms with Gasteiger partial charge in [0.05, 0.1) is 12.8 Å². The molecule has 1 unspecified atom stereocenters. The summed E-state index contributed by atoms with van der Waals surface area (Å²) in [5, 5.41) is 10.9. The number of hydrogen-bond donors (Lipinski definition) is 2. The lowest BCUT2D eigenvalue weighted by atomic mass is 9.85. The summed E-state index contributed by atoms with van der Waals surface area (Å²) in [5.74, 6) is 0.533. The van der Waals surface area contributed by atoms with Crippen LogP contribution in [0.1, 0.15) is 30.9 Å². The molecule has 0 fully saturated rings. The maximum atomic E-state index is 12.0. The number of carbonyl (C=O) groups is 1. The maximum absolute atomic E-state index is 12.0. The van der Waals surface area contributed by atoms with Crippen molar-refractivity contribution >= 4 is 11.6 Å². The Balaban J connectivity index is 2.77. The molecule has 110 valence electrons. The molecule has 1 aliphatic rings. The second-order valence-electron chi connectivity index (χ2n) is 5.32. The monoisotopic (exact) mass is 278 g/mol. The third-order valence-electron chi connectivity index (χ3n) is 3.99. The van der Waals surface area contributed by atoms with Crippen LogP contribution in [-0.2, 0) is 10.4 Å². The molecule has 0 radical (unpaired) electrons. The van der Waals surface area contributed by atoms with E-state index in [9.17, 15) is 9.90 Å². The van der Waals surface area contributed by atoms with E-state index in [1.807, 2.05) is 19.1 Å². The van der Waals surface area contributed by atoms with Gasteiger partial charge in [0.2, 0.25) is 5.91 Å². The molecule has 1 heterocycles. The highest BCUT2D eigenvalue weighted by molar-refractivity contribution is 5.95. The molecule has 1 aromatic carbocycles. The van der Waals surface area contributed by atoms with E-state index in [4.69, 9.17) is 10.5 Å². The lowest BCUT2D eigenvalue weighted by Gasteiger charge is -2.31. The van der Waals surface area contributed by atoms with Crippen LogP contribution in [-0.4, -0.2) is 31.2 Å². The highest BCUT2D eigenvalue weighted by Gasteiger charge is 2.38. The molecule has 0 spiro atoms. The molecule has 3 N–H and O–H groups in total. The quantitative estimate of drug-likeness (QED) is 0.855. The van der Waals surface area contributed by atoms with Crippen LogP contribution in [0.15, 0.2) is 12.1 Å². The van der Waals surface area contributed by atoms with E-state index in [2.05, 4.69) is 0 Å². The van der Waals surface area contributed by atoms with Crippen molar-refractivity contribution in [2.75, 3.05) is 25.1 Å². The van der Waals surface area contributed by atoms with Crippen LogP contribution in [0.4, 0.5) is 5.69 Å². The Labute approximate surface area is 119 Å². The molecule has 5 heteroatoms. The third kappa shape index (κ3) is 2.27. The number of hydrogen-bond acceptors (Lipinski definition) is 4. The van der Waals surface area contributed by atoms with Gasteiger partial charge in [-0.3, -0.25) is 4.79 Å². The number of anilines is 1. The molecule has 0 aromatic heterocycles. The second kappa shape index (κ2) is 5.42. The molecular formula is C15H22N2O3. The van der Waals surface area contributed by atoms with E-state index in [1.165, 1.54) is 6.92 Å². The number of aliphatic hydroxyl groups is 1. The minimum atomic E-state index is -1.11. The van der Waals surface area contributed by atoms with Crippen molar-refractivity contribution in [1.29, 1.82) is 0 Å². The Hall–Kier alpha value is -1.59. The van der Waals surface area contributed by atoms with Crippen LogP contribution in [0, 0.1) is 6.92 Å². The van der Waals surface area contributed by atoms with Crippen LogP contribution >= 0.6 is 0 Å². The average molecular weight is 278 g/mol. The summed E-state index contributed by atoms with van der Waals surface area (Å²) in [6.07, 6.45) is 1.23. The van der Waals surface area contributed by atoms with E-state index >= 15 is 0 Å². The molecule has 0 saturated heterocycles. The number of benzene rings is 1. The minimum Gasteiger partial charge on any atom is -0.495 e. The molecule has 1 amide bonds. The fourth-order valence-electron chi connectivity index (χ4n) is 2.98. The summed E-state index contributed by atoms with van der Waals surface area (Å²) in [4.78, 5) is 13.6. The van der Waals surface area contributed by atoms with Crippen molar-refractivity contribution < 1.29 is 14.6 Å². The average Bonchev–Trinajstić information content (AvgIpc) is 2.58. The zero-order chi connectivity index (χ0) is 14.9. The van der Waals surface area contributed by atoms with Gasteiger partial charge >= 0.3 is 0 Å². The Morgan fingerprint density at radius 1 is 1.55 bits per heavy atom. The predicted molar refractivity (Wildman–Crippen MR) is 77.9 cm³/mol. The van der Waals surface area contributed by atoms with Gasteiger partial charge in [0.1, 0.15) is 11.4 Å². The zero-order valence-electron chi connectivity index (χ0n) is 12.3. The molecule has 0 aliphatic carbocycles. The fraction of sp³-hybridized carbons (Fsp3) is 0.533. The molecule has 1 atom stereocenters. The van der Waals surface area contributed by atoms with E-state index < -0.39 is 5.60 Å². The van der Waals surface area contributed by atoms with E-state index in [-0.39, 0.29) is 12.5 Å². The summed E-state index contributed by atoms with van der Waals surface area (Å²) >= 11 is 0. The fourth-order valence-corrected chi connectivity index (χ4v) is 2.98. The summed E-state index contributed by atoms with van der Waals surface area (Å²) in [7, 11) is 1.57. The molecule has 2 rings (SSSR count). The molecule has 20 heavy (non-hydrogen) atoms. The number of nitrogens with zero attached hydrogens (tertiary/aromatic N) is 1. The number of carbonyl (C=O) groups excluding carboxylic acids is 1. The van der Waals surface area contributed by atoms with Gasteiger partial charge in [0, 0.05) is 25.6 Å². The summed E-state index contributed by atoms with van der Waals surface area (Å²) < 4.78 is 5.40. The van der Waals surface area contributed by atoms with Crippen LogP contribution in [0.5, 0.6) is 5.75 Å². The number of ether oxygens (including phenoxy) is 1. The molecule has 1 aromatic rings. The van der Waals surface area contributed by atoms with Gasteiger partial charge in [-0.2, -0.15) is 0 Å². The lowest BCUT2D eigenvalue weighted by Crippen LogP contribution is -2.36. The number of methoxy groups -OCH3 is 1. The first-order valence-corrected chi connectivity index (χ1v) is 6.83. The lowest BCUT2D eigenvalue weighted by molar-refractivity contribution is -0.116. The number of aryl methyl sites for hydroxylation is 1. The minimum absolute atomic E-state index is 0.0589. The van der Waals surface area contributed by atoms with Crippen molar-refractivity contribution in [3.05, 3.63) is 23.3 Å². The van der Waals surface area contributed by atoms with Crippen molar-refractivity contribution in [3.8, 4) is 5.75 Å². The standard InChI is InChI=1S/C15H22N2O3/c1-10-5-6-12(20-3)14-13(10)15(19,9-16)7-4-8-17(14)11(2)18/h5-6,19H,4,7-9,16H2,1-3H3. The summed E-state index contributed by atoms with van der Waals surface area (Å²) in [6.45, 7) is 4.13. The normalized spacial score (nSPS) is 22.1.